The third-order valence-electron chi connectivity index (χ3n) is 4.80. The first-order chi connectivity index (χ1) is 13.8. The van der Waals surface area contributed by atoms with Crippen LogP contribution in [0.1, 0.15) is 22.3 Å². The first kappa shape index (κ1) is 20.2. The lowest BCUT2D eigenvalue weighted by molar-refractivity contribution is -0.122. The summed E-state index contributed by atoms with van der Waals surface area (Å²) in [5.74, 6) is -1.47. The SMILES string of the molecule is COC(=O)c1ccc(NC(=O)C2CC(=O)N(c3cc(C)ccc3OC)C2)c(O)c1. The summed E-state index contributed by atoms with van der Waals surface area (Å²) in [7, 11) is 2.76. The van der Waals surface area contributed by atoms with E-state index in [4.69, 9.17) is 4.74 Å². The summed E-state index contributed by atoms with van der Waals surface area (Å²) in [6, 6.07) is 9.57. The largest absolute Gasteiger partial charge is 0.506 e. The van der Waals surface area contributed by atoms with Crippen molar-refractivity contribution < 1.29 is 29.0 Å². The summed E-state index contributed by atoms with van der Waals surface area (Å²) in [4.78, 5) is 38.2. The molecular formula is C21H22N2O6. The topological polar surface area (TPSA) is 105 Å². The van der Waals surface area contributed by atoms with Crippen molar-refractivity contribution in [2.45, 2.75) is 13.3 Å². The second-order valence-corrected chi connectivity index (χ2v) is 6.79. The molecule has 2 N–H and O–H groups in total. The van der Waals surface area contributed by atoms with Gasteiger partial charge in [0.1, 0.15) is 11.5 Å². The number of aromatic hydroxyl groups is 1. The maximum absolute atomic E-state index is 12.7. The molecule has 1 aliphatic heterocycles. The van der Waals surface area contributed by atoms with Crippen molar-refractivity contribution in [3.63, 3.8) is 0 Å². The molecule has 1 aliphatic rings. The van der Waals surface area contributed by atoms with Crippen LogP contribution in [-0.2, 0) is 14.3 Å². The number of hydrogen-bond donors (Lipinski definition) is 2. The molecule has 1 unspecified atom stereocenters. The fourth-order valence-electron chi connectivity index (χ4n) is 3.24. The number of benzene rings is 2. The Morgan fingerprint density at radius 1 is 1.17 bits per heavy atom. The van der Waals surface area contributed by atoms with Gasteiger partial charge in [0, 0.05) is 13.0 Å². The second kappa shape index (κ2) is 8.22. The van der Waals surface area contributed by atoms with E-state index in [0.717, 1.165) is 5.56 Å². The van der Waals surface area contributed by atoms with Crippen LogP contribution in [0.3, 0.4) is 0 Å². The first-order valence-corrected chi connectivity index (χ1v) is 9.01. The van der Waals surface area contributed by atoms with E-state index in [-0.39, 0.29) is 35.9 Å². The van der Waals surface area contributed by atoms with E-state index in [1.165, 1.54) is 37.3 Å². The zero-order valence-electron chi connectivity index (χ0n) is 16.4. The van der Waals surface area contributed by atoms with Crippen LogP contribution in [0.15, 0.2) is 36.4 Å². The average molecular weight is 398 g/mol. The molecule has 0 saturated carbocycles. The highest BCUT2D eigenvalue weighted by atomic mass is 16.5. The Morgan fingerprint density at radius 2 is 1.93 bits per heavy atom. The monoisotopic (exact) mass is 398 g/mol. The normalized spacial score (nSPS) is 15.9. The van der Waals surface area contributed by atoms with Crippen molar-refractivity contribution in [3.8, 4) is 11.5 Å². The lowest BCUT2D eigenvalue weighted by Crippen LogP contribution is -2.28. The molecule has 0 spiro atoms. The third-order valence-corrected chi connectivity index (χ3v) is 4.80. The number of phenolic OH excluding ortho intramolecular Hbond substituents is 1. The molecule has 0 aliphatic carbocycles. The van der Waals surface area contributed by atoms with Gasteiger partial charge in [-0.05, 0) is 42.8 Å². The van der Waals surface area contributed by atoms with E-state index in [0.29, 0.717) is 11.4 Å². The second-order valence-electron chi connectivity index (χ2n) is 6.79. The molecule has 0 aromatic heterocycles. The van der Waals surface area contributed by atoms with E-state index >= 15 is 0 Å². The Bertz CT molecular complexity index is 972. The van der Waals surface area contributed by atoms with Crippen LogP contribution in [0, 0.1) is 12.8 Å². The Balaban J connectivity index is 1.74. The summed E-state index contributed by atoms with van der Waals surface area (Å²) in [6.45, 7) is 2.11. The fourth-order valence-corrected chi connectivity index (χ4v) is 3.24. The zero-order valence-corrected chi connectivity index (χ0v) is 16.4. The molecule has 8 nitrogen and oxygen atoms in total. The molecule has 0 radical (unpaired) electrons. The van der Waals surface area contributed by atoms with Gasteiger partial charge in [-0.25, -0.2) is 4.79 Å². The highest BCUT2D eigenvalue weighted by Crippen LogP contribution is 2.34. The Labute approximate surface area is 168 Å². The van der Waals surface area contributed by atoms with Crippen molar-refractivity contribution in [1.29, 1.82) is 0 Å². The summed E-state index contributed by atoms with van der Waals surface area (Å²) in [5, 5.41) is 12.7. The van der Waals surface area contributed by atoms with E-state index in [9.17, 15) is 19.5 Å². The highest BCUT2D eigenvalue weighted by molar-refractivity contribution is 6.04. The van der Waals surface area contributed by atoms with Crippen LogP contribution in [0.2, 0.25) is 0 Å². The number of aryl methyl sites for hydroxylation is 1. The molecule has 29 heavy (non-hydrogen) atoms. The Morgan fingerprint density at radius 3 is 2.59 bits per heavy atom. The molecule has 1 fully saturated rings. The van der Waals surface area contributed by atoms with Crippen LogP contribution >= 0.6 is 0 Å². The smallest absolute Gasteiger partial charge is 0.337 e. The Hall–Kier alpha value is -3.55. The maximum Gasteiger partial charge on any atom is 0.337 e. The molecule has 152 valence electrons. The van der Waals surface area contributed by atoms with Crippen molar-refractivity contribution >= 4 is 29.2 Å². The van der Waals surface area contributed by atoms with Crippen LogP contribution < -0.4 is 15.0 Å². The van der Waals surface area contributed by atoms with Gasteiger partial charge in [-0.3, -0.25) is 9.59 Å². The number of amides is 2. The van der Waals surface area contributed by atoms with Crippen LogP contribution in [-0.4, -0.2) is 43.7 Å². The van der Waals surface area contributed by atoms with Gasteiger partial charge in [0.25, 0.3) is 0 Å². The van der Waals surface area contributed by atoms with Gasteiger partial charge in [-0.2, -0.15) is 0 Å². The standard InChI is InChI=1S/C21H22N2O6/c1-12-4-7-18(28-2)16(8-12)23-11-14(10-19(23)25)20(26)22-15-6-5-13(9-17(15)24)21(27)29-3/h4-9,14,24H,10-11H2,1-3H3,(H,22,26). The predicted molar refractivity (Wildman–Crippen MR) is 106 cm³/mol. The maximum atomic E-state index is 12.7. The number of methoxy groups -OCH3 is 2. The highest BCUT2D eigenvalue weighted by Gasteiger charge is 2.36. The molecule has 1 heterocycles. The van der Waals surface area contributed by atoms with Gasteiger partial charge in [0.2, 0.25) is 11.8 Å². The number of rotatable bonds is 5. The van der Waals surface area contributed by atoms with Crippen LogP contribution in [0.5, 0.6) is 11.5 Å². The lowest BCUT2D eigenvalue weighted by atomic mass is 10.1. The molecule has 0 bridgehead atoms. The summed E-state index contributed by atoms with van der Waals surface area (Å²) in [5.41, 5.74) is 1.91. The van der Waals surface area contributed by atoms with Crippen molar-refractivity contribution in [2.24, 2.45) is 5.92 Å². The van der Waals surface area contributed by atoms with Gasteiger partial charge >= 0.3 is 5.97 Å². The summed E-state index contributed by atoms with van der Waals surface area (Å²) in [6.07, 6.45) is 0.0456. The number of phenols is 1. The molecule has 2 aromatic carbocycles. The molecule has 1 atom stereocenters. The zero-order chi connectivity index (χ0) is 21.1. The molecule has 1 saturated heterocycles. The van der Waals surface area contributed by atoms with Gasteiger partial charge in [-0.15, -0.1) is 0 Å². The van der Waals surface area contributed by atoms with Crippen LogP contribution in [0.25, 0.3) is 0 Å². The minimum atomic E-state index is -0.595. The number of hydrogen-bond acceptors (Lipinski definition) is 6. The summed E-state index contributed by atoms with van der Waals surface area (Å²) < 4.78 is 9.94. The summed E-state index contributed by atoms with van der Waals surface area (Å²) >= 11 is 0. The number of nitrogens with zero attached hydrogens (tertiary/aromatic N) is 1. The first-order valence-electron chi connectivity index (χ1n) is 9.01. The van der Waals surface area contributed by atoms with Crippen molar-refractivity contribution in [1.82, 2.24) is 0 Å². The minimum Gasteiger partial charge on any atom is -0.506 e. The molecule has 8 heteroatoms. The van der Waals surface area contributed by atoms with E-state index in [1.807, 2.05) is 19.1 Å². The molecule has 2 aromatic rings. The number of esters is 1. The number of carbonyl (C=O) groups is 3. The number of anilines is 2. The number of carbonyl (C=O) groups excluding carboxylic acids is 3. The van der Waals surface area contributed by atoms with E-state index < -0.39 is 17.8 Å². The van der Waals surface area contributed by atoms with Crippen molar-refractivity contribution in [3.05, 3.63) is 47.5 Å². The van der Waals surface area contributed by atoms with Crippen LogP contribution in [0.4, 0.5) is 11.4 Å². The molecular weight excluding hydrogens is 376 g/mol. The predicted octanol–water partition coefficient (Wildman–Crippen LogP) is 2.49. The molecule has 3 rings (SSSR count). The van der Waals surface area contributed by atoms with E-state index in [1.54, 1.807) is 6.07 Å². The van der Waals surface area contributed by atoms with Crippen molar-refractivity contribution in [2.75, 3.05) is 31.0 Å². The average Bonchev–Trinajstić information content (AvgIpc) is 3.10. The van der Waals surface area contributed by atoms with Gasteiger partial charge in [0.05, 0.1) is 37.1 Å². The quantitative estimate of drug-likeness (QED) is 0.592. The molecule has 2 amide bonds. The Kier molecular flexibility index (Phi) is 5.72. The van der Waals surface area contributed by atoms with Gasteiger partial charge < -0.3 is 24.8 Å². The van der Waals surface area contributed by atoms with E-state index in [2.05, 4.69) is 10.1 Å². The lowest BCUT2D eigenvalue weighted by Gasteiger charge is -2.20. The van der Waals surface area contributed by atoms with Gasteiger partial charge in [0.15, 0.2) is 0 Å². The third kappa shape index (κ3) is 4.16. The minimum absolute atomic E-state index is 0.0456. The number of ether oxygens (including phenoxy) is 2. The number of nitrogens with one attached hydrogen (secondary N) is 1. The van der Waals surface area contributed by atoms with Gasteiger partial charge in [-0.1, -0.05) is 6.07 Å². The fraction of sp³-hybridized carbons (Fsp3) is 0.286.